The van der Waals surface area contributed by atoms with E-state index in [1.165, 1.54) is 13.0 Å². The molecule has 0 spiro atoms. The summed E-state index contributed by atoms with van der Waals surface area (Å²) in [4.78, 5) is 11.8. The summed E-state index contributed by atoms with van der Waals surface area (Å²) in [6.45, 7) is 2.35. The number of carbonyl (C=O) groups is 1. The number of carbonyl (C=O) groups excluding carboxylic acids is 1. The molecule has 2 heterocycles. The maximum atomic E-state index is 13.5. The lowest BCUT2D eigenvalue weighted by Gasteiger charge is -2.22. The number of hydrogen-bond donors (Lipinski definition) is 1. The zero-order valence-electron chi connectivity index (χ0n) is 12.7. The maximum absolute atomic E-state index is 13.5. The molecule has 0 saturated heterocycles. The molecule has 1 aromatic carbocycles. The molecule has 1 aromatic heterocycles. The predicted octanol–water partition coefficient (Wildman–Crippen LogP) is 2.87. The number of benzene rings is 1. The van der Waals surface area contributed by atoms with Gasteiger partial charge in [0.15, 0.2) is 11.4 Å². The van der Waals surface area contributed by atoms with Gasteiger partial charge in [0.25, 0.3) is 0 Å². The van der Waals surface area contributed by atoms with E-state index in [-0.39, 0.29) is 18.0 Å². The van der Waals surface area contributed by atoms with Crippen LogP contribution in [0.2, 0.25) is 0 Å². The van der Waals surface area contributed by atoms with Crippen LogP contribution in [0.1, 0.15) is 23.0 Å². The first-order valence-corrected chi connectivity index (χ1v) is 7.26. The zero-order chi connectivity index (χ0) is 17.3. The first-order chi connectivity index (χ1) is 11.4. The lowest BCUT2D eigenvalue weighted by atomic mass is 10.2. The number of nitrogens with one attached hydrogen (secondary N) is 1. The molecule has 24 heavy (non-hydrogen) atoms. The molecule has 6 nitrogen and oxygen atoms in total. The Hall–Kier alpha value is -2.71. The third kappa shape index (κ3) is 2.77. The maximum Gasteiger partial charge on any atom is 0.434 e. The number of nitrogens with zero attached hydrogens (tertiary/aromatic N) is 2. The highest BCUT2D eigenvalue weighted by atomic mass is 19.4. The fourth-order valence-electron chi connectivity index (χ4n) is 2.48. The molecule has 2 aromatic rings. The second-order valence-corrected chi connectivity index (χ2v) is 4.97. The number of para-hydroxylation sites is 1. The molecule has 1 N–H and O–H groups in total. The van der Waals surface area contributed by atoms with Crippen LogP contribution in [0.15, 0.2) is 24.4 Å². The first-order valence-electron chi connectivity index (χ1n) is 7.26. The number of alkyl halides is 3. The topological polar surface area (TPSA) is 65.4 Å². The van der Waals surface area contributed by atoms with Gasteiger partial charge in [0.1, 0.15) is 17.9 Å². The average molecular weight is 341 g/mol. The third-order valence-electron chi connectivity index (χ3n) is 3.42. The molecule has 9 heteroatoms. The first kappa shape index (κ1) is 16.2. The Bertz CT molecular complexity index is 771. The minimum Gasteiger partial charge on any atom is -0.487 e. The molecule has 0 radical (unpaired) electrons. The summed E-state index contributed by atoms with van der Waals surface area (Å²) in [5.74, 6) is -0.812. The fraction of sp³-hybridized carbons (Fsp3) is 0.333. The molecule has 1 aliphatic heterocycles. The van der Waals surface area contributed by atoms with Crippen LogP contribution in [0.3, 0.4) is 0 Å². The lowest BCUT2D eigenvalue weighted by Crippen LogP contribution is -2.22. The largest absolute Gasteiger partial charge is 0.487 e. The Labute approximate surface area is 135 Å². The van der Waals surface area contributed by atoms with E-state index < -0.39 is 23.4 Å². The second-order valence-electron chi connectivity index (χ2n) is 4.97. The number of hydrogen-bond acceptors (Lipinski definition) is 5. The van der Waals surface area contributed by atoms with E-state index in [4.69, 9.17) is 4.74 Å². The molecule has 128 valence electrons. The quantitative estimate of drug-likeness (QED) is 0.870. The average Bonchev–Trinajstić information content (AvgIpc) is 3.00. The van der Waals surface area contributed by atoms with E-state index in [2.05, 4.69) is 15.2 Å². The number of fused-ring (bicyclic) bond motifs is 1. The summed E-state index contributed by atoms with van der Waals surface area (Å²) in [7, 11) is 0. The highest BCUT2D eigenvalue weighted by molar-refractivity contribution is 5.91. The van der Waals surface area contributed by atoms with Crippen molar-refractivity contribution in [3.8, 4) is 11.4 Å². The van der Waals surface area contributed by atoms with Crippen LogP contribution in [0.5, 0.6) is 5.75 Å². The second kappa shape index (κ2) is 6.06. The van der Waals surface area contributed by atoms with Crippen LogP contribution >= 0.6 is 0 Å². The number of halogens is 3. The molecule has 0 unspecified atom stereocenters. The number of ether oxygens (including phenoxy) is 2. The van der Waals surface area contributed by atoms with Crippen molar-refractivity contribution in [3.05, 3.63) is 35.7 Å². The Kier molecular flexibility index (Phi) is 4.08. The van der Waals surface area contributed by atoms with Crippen molar-refractivity contribution < 1.29 is 27.4 Å². The lowest BCUT2D eigenvalue weighted by molar-refractivity contribution is -0.143. The van der Waals surface area contributed by atoms with Crippen LogP contribution < -0.4 is 10.1 Å². The van der Waals surface area contributed by atoms with Crippen LogP contribution in [-0.2, 0) is 10.9 Å². The summed E-state index contributed by atoms with van der Waals surface area (Å²) in [6.07, 6.45) is -3.93. The van der Waals surface area contributed by atoms with Crippen molar-refractivity contribution in [1.82, 2.24) is 9.78 Å². The highest BCUT2D eigenvalue weighted by Crippen LogP contribution is 2.39. The molecule has 1 aliphatic rings. The predicted molar refractivity (Wildman–Crippen MR) is 78.5 cm³/mol. The van der Waals surface area contributed by atoms with Crippen LogP contribution in [0, 0.1) is 0 Å². The van der Waals surface area contributed by atoms with Gasteiger partial charge >= 0.3 is 12.1 Å². The summed E-state index contributed by atoms with van der Waals surface area (Å²) in [5, 5.41) is 6.79. The number of rotatable bonds is 3. The highest BCUT2D eigenvalue weighted by Gasteiger charge is 2.41. The number of esters is 1. The van der Waals surface area contributed by atoms with E-state index in [9.17, 15) is 18.0 Å². The van der Waals surface area contributed by atoms with Gasteiger partial charge in [-0.1, -0.05) is 6.07 Å². The fourth-order valence-corrected chi connectivity index (χ4v) is 2.48. The zero-order valence-corrected chi connectivity index (χ0v) is 12.7. The minimum atomic E-state index is -4.79. The molecule has 0 aliphatic carbocycles. The van der Waals surface area contributed by atoms with Gasteiger partial charge in [0.05, 0.1) is 18.5 Å². The van der Waals surface area contributed by atoms with Gasteiger partial charge in [0, 0.05) is 6.54 Å². The van der Waals surface area contributed by atoms with Gasteiger partial charge in [-0.2, -0.15) is 18.3 Å². The molecule has 0 fully saturated rings. The van der Waals surface area contributed by atoms with Gasteiger partial charge in [-0.05, 0) is 19.1 Å². The summed E-state index contributed by atoms with van der Waals surface area (Å²) < 4.78 is 51.4. The van der Waals surface area contributed by atoms with E-state index in [1.54, 1.807) is 12.1 Å². The van der Waals surface area contributed by atoms with Gasteiger partial charge in [-0.15, -0.1) is 0 Å². The van der Waals surface area contributed by atoms with Gasteiger partial charge in [-0.3, -0.25) is 0 Å². The molecule has 0 amide bonds. The molecule has 3 rings (SSSR count). The molecule has 0 atom stereocenters. The molecule has 0 saturated carbocycles. The van der Waals surface area contributed by atoms with E-state index in [0.717, 1.165) is 6.20 Å². The third-order valence-corrected chi connectivity index (χ3v) is 3.42. The summed E-state index contributed by atoms with van der Waals surface area (Å²) >= 11 is 0. The van der Waals surface area contributed by atoms with E-state index in [0.29, 0.717) is 23.5 Å². The molecule has 0 bridgehead atoms. The Morgan fingerprint density at radius 2 is 2.25 bits per heavy atom. The monoisotopic (exact) mass is 341 g/mol. The Balaban J connectivity index is 2.18. The van der Waals surface area contributed by atoms with Crippen LogP contribution in [-0.4, -0.2) is 35.5 Å². The smallest absolute Gasteiger partial charge is 0.434 e. The standard InChI is InChI=1S/C15H14F3N3O3/c1-2-23-14(22)9-8-20-21(13(9)15(16,17)18)11-5-3-4-10-12(11)24-7-6-19-10/h3-5,8,19H,2,6-7H2,1H3. The number of anilines is 1. The van der Waals surface area contributed by atoms with Crippen molar-refractivity contribution in [2.45, 2.75) is 13.1 Å². The van der Waals surface area contributed by atoms with Gasteiger partial charge in [0.2, 0.25) is 0 Å². The number of aromatic nitrogens is 2. The van der Waals surface area contributed by atoms with Crippen molar-refractivity contribution in [3.63, 3.8) is 0 Å². The van der Waals surface area contributed by atoms with Crippen molar-refractivity contribution in [2.24, 2.45) is 0 Å². The van der Waals surface area contributed by atoms with Gasteiger partial charge in [-0.25, -0.2) is 9.48 Å². The van der Waals surface area contributed by atoms with E-state index in [1.807, 2.05) is 0 Å². The molecular formula is C15H14F3N3O3. The van der Waals surface area contributed by atoms with Crippen molar-refractivity contribution in [2.75, 3.05) is 25.1 Å². The SMILES string of the molecule is CCOC(=O)c1cnn(-c2cccc3c2OCCN3)c1C(F)(F)F. The van der Waals surface area contributed by atoms with Gasteiger partial charge < -0.3 is 14.8 Å². The summed E-state index contributed by atoms with van der Waals surface area (Å²) in [6, 6.07) is 4.73. The molecular weight excluding hydrogens is 327 g/mol. The minimum absolute atomic E-state index is 0.0327. The Morgan fingerprint density at radius 3 is 2.96 bits per heavy atom. The normalized spacial score (nSPS) is 13.7. The van der Waals surface area contributed by atoms with Crippen LogP contribution in [0.4, 0.5) is 18.9 Å². The van der Waals surface area contributed by atoms with Crippen molar-refractivity contribution in [1.29, 1.82) is 0 Å². The van der Waals surface area contributed by atoms with Crippen molar-refractivity contribution >= 4 is 11.7 Å². The van der Waals surface area contributed by atoms with E-state index >= 15 is 0 Å². The summed E-state index contributed by atoms with van der Waals surface area (Å²) in [5.41, 5.74) is -1.16. The van der Waals surface area contributed by atoms with Crippen LogP contribution in [0.25, 0.3) is 5.69 Å². The Morgan fingerprint density at radius 1 is 1.46 bits per heavy atom.